The number of carbonyl (C=O) groups is 1. The number of benzene rings is 2. The van der Waals surface area contributed by atoms with Crippen LogP contribution in [0.15, 0.2) is 60.7 Å². The van der Waals surface area contributed by atoms with Gasteiger partial charge in [0.25, 0.3) is 0 Å². The summed E-state index contributed by atoms with van der Waals surface area (Å²) in [7, 11) is 0. The number of nitrogens with zero attached hydrogens (tertiary/aromatic N) is 2. The molecule has 0 unspecified atom stereocenters. The largest absolute Gasteiger partial charge is 0.396 e. The maximum atomic E-state index is 13.0. The second-order valence-corrected chi connectivity index (χ2v) is 6.65. The van der Waals surface area contributed by atoms with E-state index in [4.69, 9.17) is 10.2 Å². The fourth-order valence-electron chi connectivity index (χ4n) is 2.99. The van der Waals surface area contributed by atoms with Crippen molar-refractivity contribution < 1.29 is 15.0 Å². The van der Waals surface area contributed by atoms with Gasteiger partial charge in [-0.3, -0.25) is 9.69 Å². The van der Waals surface area contributed by atoms with E-state index < -0.39 is 0 Å². The highest BCUT2D eigenvalue weighted by Gasteiger charge is 2.18. The lowest BCUT2D eigenvalue weighted by Crippen LogP contribution is -2.41. The van der Waals surface area contributed by atoms with E-state index in [0.29, 0.717) is 45.6 Å². The van der Waals surface area contributed by atoms with E-state index in [1.54, 1.807) is 0 Å². The van der Waals surface area contributed by atoms with Crippen LogP contribution in [0.5, 0.6) is 0 Å². The first kappa shape index (κ1) is 21.1. The fourth-order valence-corrected chi connectivity index (χ4v) is 2.99. The average Bonchev–Trinajstić information content (AvgIpc) is 2.71. The molecule has 2 rings (SSSR count). The summed E-state index contributed by atoms with van der Waals surface area (Å²) in [5.74, 6) is 0.0542. The van der Waals surface area contributed by atoms with Crippen molar-refractivity contribution in [2.75, 3.05) is 32.8 Å². The highest BCUT2D eigenvalue weighted by Crippen LogP contribution is 2.11. The Kier molecular flexibility index (Phi) is 9.55. The van der Waals surface area contributed by atoms with Crippen molar-refractivity contribution in [3.8, 4) is 0 Å². The van der Waals surface area contributed by atoms with Crippen LogP contribution in [-0.2, 0) is 17.9 Å². The van der Waals surface area contributed by atoms with Crippen LogP contribution < -0.4 is 0 Å². The van der Waals surface area contributed by atoms with Gasteiger partial charge in [-0.1, -0.05) is 60.7 Å². The van der Waals surface area contributed by atoms with Crippen molar-refractivity contribution in [2.24, 2.45) is 0 Å². The first-order valence-corrected chi connectivity index (χ1v) is 9.52. The molecule has 0 heterocycles. The summed E-state index contributed by atoms with van der Waals surface area (Å²) in [5, 5.41) is 18.2. The Labute approximate surface area is 161 Å². The van der Waals surface area contributed by atoms with Crippen LogP contribution in [0.3, 0.4) is 0 Å². The average molecular weight is 370 g/mol. The van der Waals surface area contributed by atoms with E-state index in [-0.39, 0.29) is 19.1 Å². The van der Waals surface area contributed by atoms with Crippen LogP contribution in [0.4, 0.5) is 0 Å². The summed E-state index contributed by atoms with van der Waals surface area (Å²) in [5.41, 5.74) is 2.19. The van der Waals surface area contributed by atoms with Gasteiger partial charge in [-0.2, -0.15) is 0 Å². The third-order valence-electron chi connectivity index (χ3n) is 4.41. The van der Waals surface area contributed by atoms with Gasteiger partial charge in [0.1, 0.15) is 0 Å². The summed E-state index contributed by atoms with van der Waals surface area (Å²) in [6.07, 6.45) is 1.24. The second-order valence-electron chi connectivity index (χ2n) is 6.65. The molecule has 0 radical (unpaired) electrons. The van der Waals surface area contributed by atoms with Crippen LogP contribution >= 0.6 is 0 Å². The third kappa shape index (κ3) is 7.91. The van der Waals surface area contributed by atoms with E-state index >= 15 is 0 Å². The lowest BCUT2D eigenvalue weighted by Gasteiger charge is -2.27. The molecular formula is C22H30N2O3. The van der Waals surface area contributed by atoms with Crippen LogP contribution in [0, 0.1) is 0 Å². The number of aliphatic hydroxyl groups excluding tert-OH is 2. The molecule has 146 valence electrons. The Hall–Kier alpha value is -2.21. The number of hydrogen-bond acceptors (Lipinski definition) is 4. The van der Waals surface area contributed by atoms with Crippen molar-refractivity contribution in [2.45, 2.75) is 25.9 Å². The van der Waals surface area contributed by atoms with Crippen molar-refractivity contribution in [1.82, 2.24) is 9.80 Å². The quantitative estimate of drug-likeness (QED) is 0.602. The van der Waals surface area contributed by atoms with E-state index in [1.165, 1.54) is 0 Å². The molecule has 0 aromatic heterocycles. The Bertz CT molecular complexity index is 600. The van der Waals surface area contributed by atoms with Crippen LogP contribution in [0.25, 0.3) is 0 Å². The van der Waals surface area contributed by atoms with Crippen molar-refractivity contribution in [3.05, 3.63) is 71.8 Å². The molecule has 5 heteroatoms. The normalized spacial score (nSPS) is 10.9. The topological polar surface area (TPSA) is 64.0 Å². The monoisotopic (exact) mass is 370 g/mol. The van der Waals surface area contributed by atoms with Gasteiger partial charge in [0, 0.05) is 39.4 Å². The lowest BCUT2D eigenvalue weighted by atomic mass is 10.1. The molecule has 2 N–H and O–H groups in total. The Morgan fingerprint density at radius 1 is 0.741 bits per heavy atom. The van der Waals surface area contributed by atoms with Crippen LogP contribution in [0.2, 0.25) is 0 Å². The van der Waals surface area contributed by atoms with Gasteiger partial charge < -0.3 is 15.1 Å². The molecule has 0 spiro atoms. The Balaban J connectivity index is 2.08. The summed E-state index contributed by atoms with van der Waals surface area (Å²) < 4.78 is 0. The zero-order chi connectivity index (χ0) is 19.3. The lowest BCUT2D eigenvalue weighted by molar-refractivity contribution is -0.133. The fraction of sp³-hybridized carbons (Fsp3) is 0.409. The van der Waals surface area contributed by atoms with Crippen LogP contribution in [-0.4, -0.2) is 58.8 Å². The predicted octanol–water partition coefficient (Wildman–Crippen LogP) is 2.28. The molecule has 0 aliphatic rings. The maximum absolute atomic E-state index is 13.0. The Morgan fingerprint density at radius 2 is 1.19 bits per heavy atom. The predicted molar refractivity (Wildman–Crippen MR) is 107 cm³/mol. The number of aliphatic hydroxyl groups is 2. The number of carbonyl (C=O) groups excluding carboxylic acids is 1. The summed E-state index contributed by atoms with van der Waals surface area (Å²) in [6, 6.07) is 20.0. The molecule has 0 aliphatic heterocycles. The first-order valence-electron chi connectivity index (χ1n) is 9.52. The molecule has 0 fully saturated rings. The molecule has 0 aliphatic carbocycles. The first-order chi connectivity index (χ1) is 13.2. The molecule has 1 amide bonds. The number of rotatable bonds is 12. The van der Waals surface area contributed by atoms with Gasteiger partial charge in [-0.05, 0) is 24.0 Å². The van der Waals surface area contributed by atoms with Gasteiger partial charge in [0.15, 0.2) is 0 Å². The number of hydrogen-bond donors (Lipinski definition) is 2. The van der Waals surface area contributed by atoms with Gasteiger partial charge in [-0.15, -0.1) is 0 Å². The number of amides is 1. The van der Waals surface area contributed by atoms with Gasteiger partial charge in [0.05, 0.1) is 6.54 Å². The zero-order valence-electron chi connectivity index (χ0n) is 15.8. The molecule has 2 aromatic carbocycles. The van der Waals surface area contributed by atoms with Gasteiger partial charge in [-0.25, -0.2) is 0 Å². The molecule has 0 saturated heterocycles. The van der Waals surface area contributed by atoms with Crippen molar-refractivity contribution in [1.29, 1.82) is 0 Å². The third-order valence-corrected chi connectivity index (χ3v) is 4.41. The molecule has 0 atom stereocenters. The minimum absolute atomic E-state index is 0.0542. The minimum atomic E-state index is 0.0542. The van der Waals surface area contributed by atoms with Crippen molar-refractivity contribution >= 4 is 5.91 Å². The van der Waals surface area contributed by atoms with Crippen molar-refractivity contribution in [3.63, 3.8) is 0 Å². The highest BCUT2D eigenvalue weighted by atomic mass is 16.3. The second kappa shape index (κ2) is 12.2. The zero-order valence-corrected chi connectivity index (χ0v) is 15.8. The molecule has 0 bridgehead atoms. The van der Waals surface area contributed by atoms with Crippen LogP contribution in [0.1, 0.15) is 24.0 Å². The van der Waals surface area contributed by atoms with E-state index in [0.717, 1.165) is 11.1 Å². The minimum Gasteiger partial charge on any atom is -0.396 e. The molecule has 5 nitrogen and oxygen atoms in total. The highest BCUT2D eigenvalue weighted by molar-refractivity contribution is 5.78. The standard InChI is InChI=1S/C22H30N2O3/c25-15-7-13-23(14-8-16-26)19-22(27)24(17-20-9-3-1-4-10-20)18-21-11-5-2-6-12-21/h1-6,9-12,25-26H,7-8,13-19H2. The van der Waals surface area contributed by atoms with E-state index in [9.17, 15) is 4.79 Å². The van der Waals surface area contributed by atoms with E-state index in [1.807, 2.05) is 70.5 Å². The molecule has 0 saturated carbocycles. The maximum Gasteiger partial charge on any atom is 0.237 e. The Morgan fingerprint density at radius 3 is 1.59 bits per heavy atom. The summed E-state index contributed by atoms with van der Waals surface area (Å²) >= 11 is 0. The van der Waals surface area contributed by atoms with Gasteiger partial charge >= 0.3 is 0 Å². The smallest absolute Gasteiger partial charge is 0.237 e. The molecular weight excluding hydrogens is 340 g/mol. The molecule has 2 aromatic rings. The van der Waals surface area contributed by atoms with Gasteiger partial charge in [0.2, 0.25) is 5.91 Å². The SMILES string of the molecule is O=C(CN(CCCO)CCCO)N(Cc1ccccc1)Cc1ccccc1. The summed E-state index contributed by atoms with van der Waals surface area (Å²) in [4.78, 5) is 16.9. The summed E-state index contributed by atoms with van der Waals surface area (Å²) in [6.45, 7) is 2.90. The van der Waals surface area contributed by atoms with E-state index in [2.05, 4.69) is 0 Å². The molecule has 27 heavy (non-hydrogen) atoms.